The zero-order valence-corrected chi connectivity index (χ0v) is 8.69. The summed E-state index contributed by atoms with van der Waals surface area (Å²) in [7, 11) is 0. The highest BCUT2D eigenvalue weighted by molar-refractivity contribution is 5.73. The lowest BCUT2D eigenvalue weighted by Crippen LogP contribution is -2.36. The molecule has 0 saturated carbocycles. The zero-order chi connectivity index (χ0) is 11.1. The average Bonchev–Trinajstić information content (AvgIpc) is 2.70. The van der Waals surface area contributed by atoms with Gasteiger partial charge in [-0.3, -0.25) is 0 Å². The highest BCUT2D eigenvalue weighted by atomic mass is 16.3. The lowest BCUT2D eigenvalue weighted by atomic mass is 10.1. The highest BCUT2D eigenvalue weighted by Gasteiger charge is 2.08. The fourth-order valence-corrected chi connectivity index (χ4v) is 1.18. The third-order valence-electron chi connectivity index (χ3n) is 1.97. The minimum Gasteiger partial charge on any atom is -0.472 e. The van der Waals surface area contributed by atoms with E-state index in [9.17, 15) is 9.90 Å². The smallest absolute Gasteiger partial charge is 0.314 e. The molecule has 3 N–H and O–H groups in total. The first-order chi connectivity index (χ1) is 7.24. The molecule has 1 rings (SSSR count). The molecule has 1 aromatic heterocycles. The van der Waals surface area contributed by atoms with Gasteiger partial charge >= 0.3 is 6.03 Å². The van der Waals surface area contributed by atoms with Crippen molar-refractivity contribution < 1.29 is 14.3 Å². The molecule has 1 unspecified atom stereocenters. The fourth-order valence-electron chi connectivity index (χ4n) is 1.18. The largest absolute Gasteiger partial charge is 0.472 e. The van der Waals surface area contributed by atoms with Crippen LogP contribution in [-0.2, 0) is 0 Å². The molecule has 0 aliphatic carbocycles. The molecule has 1 atom stereocenters. The lowest BCUT2D eigenvalue weighted by Gasteiger charge is -2.09. The number of amides is 2. The van der Waals surface area contributed by atoms with E-state index >= 15 is 0 Å². The number of furan rings is 1. The molecule has 2 amide bonds. The number of aliphatic hydroxyl groups is 1. The van der Waals surface area contributed by atoms with Crippen LogP contribution >= 0.6 is 0 Å². The van der Waals surface area contributed by atoms with E-state index in [0.29, 0.717) is 19.5 Å². The average molecular weight is 212 g/mol. The summed E-state index contributed by atoms with van der Waals surface area (Å²) in [5.74, 6) is 0. The Kier molecular flexibility index (Phi) is 4.70. The van der Waals surface area contributed by atoms with Gasteiger partial charge in [-0.2, -0.15) is 0 Å². The number of nitrogens with one attached hydrogen (secondary N) is 2. The van der Waals surface area contributed by atoms with Gasteiger partial charge in [-0.15, -0.1) is 0 Å². The van der Waals surface area contributed by atoms with Crippen molar-refractivity contribution in [3.05, 3.63) is 24.2 Å². The molecule has 1 aromatic rings. The van der Waals surface area contributed by atoms with Gasteiger partial charge in [-0.1, -0.05) is 0 Å². The minimum atomic E-state index is -0.592. The molecule has 84 valence electrons. The van der Waals surface area contributed by atoms with Gasteiger partial charge in [0.25, 0.3) is 0 Å². The first-order valence-electron chi connectivity index (χ1n) is 4.96. The predicted octanol–water partition coefficient (Wildman–Crippen LogP) is 1.02. The number of hydrogen-bond acceptors (Lipinski definition) is 3. The topological polar surface area (TPSA) is 74.5 Å². The molecule has 0 saturated heterocycles. The lowest BCUT2D eigenvalue weighted by molar-refractivity contribution is 0.166. The third-order valence-corrected chi connectivity index (χ3v) is 1.97. The van der Waals surface area contributed by atoms with Crippen molar-refractivity contribution in [2.45, 2.75) is 19.4 Å². The van der Waals surface area contributed by atoms with Crippen molar-refractivity contribution in [3.8, 4) is 0 Å². The van der Waals surface area contributed by atoms with E-state index in [2.05, 4.69) is 10.6 Å². The van der Waals surface area contributed by atoms with E-state index in [4.69, 9.17) is 4.42 Å². The number of hydrogen-bond donors (Lipinski definition) is 3. The highest BCUT2D eigenvalue weighted by Crippen LogP contribution is 2.15. The molecule has 0 aliphatic rings. The Bertz CT molecular complexity index is 285. The van der Waals surface area contributed by atoms with E-state index in [-0.39, 0.29) is 6.03 Å². The molecular formula is C10H16N2O3. The van der Waals surface area contributed by atoms with Crippen LogP contribution in [0.5, 0.6) is 0 Å². The Hall–Kier alpha value is -1.49. The Morgan fingerprint density at radius 1 is 1.60 bits per heavy atom. The van der Waals surface area contributed by atoms with Crippen molar-refractivity contribution in [2.75, 3.05) is 13.1 Å². The van der Waals surface area contributed by atoms with Crippen LogP contribution in [0, 0.1) is 0 Å². The van der Waals surface area contributed by atoms with Gasteiger partial charge in [0.05, 0.1) is 18.6 Å². The quantitative estimate of drug-likeness (QED) is 0.682. The van der Waals surface area contributed by atoms with Crippen LogP contribution in [0.15, 0.2) is 23.0 Å². The molecule has 5 nitrogen and oxygen atoms in total. The van der Waals surface area contributed by atoms with Crippen LogP contribution < -0.4 is 10.6 Å². The van der Waals surface area contributed by atoms with E-state index in [0.717, 1.165) is 5.56 Å². The molecule has 0 aliphatic heterocycles. The van der Waals surface area contributed by atoms with E-state index in [1.165, 1.54) is 12.5 Å². The molecule has 0 aromatic carbocycles. The SMILES string of the molecule is CCNC(=O)NCCC(O)c1ccoc1. The summed E-state index contributed by atoms with van der Waals surface area (Å²) in [6.45, 7) is 2.87. The molecule has 0 spiro atoms. The first kappa shape index (κ1) is 11.6. The van der Waals surface area contributed by atoms with Crippen molar-refractivity contribution in [3.63, 3.8) is 0 Å². The monoisotopic (exact) mass is 212 g/mol. The van der Waals surface area contributed by atoms with Crippen LogP contribution in [-0.4, -0.2) is 24.2 Å². The van der Waals surface area contributed by atoms with Gasteiger partial charge in [0, 0.05) is 18.7 Å². The second-order valence-corrected chi connectivity index (χ2v) is 3.15. The third kappa shape index (κ3) is 4.03. The van der Waals surface area contributed by atoms with Gasteiger partial charge < -0.3 is 20.2 Å². The molecule has 1 heterocycles. The summed E-state index contributed by atoms with van der Waals surface area (Å²) in [5.41, 5.74) is 0.729. The van der Waals surface area contributed by atoms with Crippen LogP contribution in [0.2, 0.25) is 0 Å². The summed E-state index contributed by atoms with van der Waals surface area (Å²) in [6, 6.07) is 1.49. The predicted molar refractivity (Wildman–Crippen MR) is 55.4 cm³/mol. The fraction of sp³-hybridized carbons (Fsp3) is 0.500. The van der Waals surface area contributed by atoms with Gasteiger partial charge in [0.15, 0.2) is 0 Å². The summed E-state index contributed by atoms with van der Waals surface area (Å²) >= 11 is 0. The zero-order valence-electron chi connectivity index (χ0n) is 8.69. The number of carbonyl (C=O) groups excluding carboxylic acids is 1. The Balaban J connectivity index is 2.18. The molecule has 0 fully saturated rings. The number of urea groups is 1. The van der Waals surface area contributed by atoms with Crippen molar-refractivity contribution in [1.82, 2.24) is 10.6 Å². The molecule has 15 heavy (non-hydrogen) atoms. The van der Waals surface area contributed by atoms with Crippen LogP contribution in [0.4, 0.5) is 4.79 Å². The summed E-state index contributed by atoms with van der Waals surface area (Å²) in [5, 5.41) is 14.9. The summed E-state index contributed by atoms with van der Waals surface area (Å²) in [6.07, 6.45) is 2.88. The number of aliphatic hydroxyl groups excluding tert-OH is 1. The maximum atomic E-state index is 11.0. The normalized spacial score (nSPS) is 12.1. The van der Waals surface area contributed by atoms with Gasteiger partial charge in [0.1, 0.15) is 0 Å². The van der Waals surface area contributed by atoms with Crippen LogP contribution in [0.1, 0.15) is 25.0 Å². The number of rotatable bonds is 5. The van der Waals surface area contributed by atoms with Gasteiger partial charge in [-0.25, -0.2) is 4.79 Å². The minimum absolute atomic E-state index is 0.211. The molecule has 0 radical (unpaired) electrons. The van der Waals surface area contributed by atoms with E-state index in [1.54, 1.807) is 6.07 Å². The maximum Gasteiger partial charge on any atom is 0.314 e. The van der Waals surface area contributed by atoms with Crippen LogP contribution in [0.25, 0.3) is 0 Å². The summed E-state index contributed by atoms with van der Waals surface area (Å²) in [4.78, 5) is 11.0. The Labute approximate surface area is 88.5 Å². The Morgan fingerprint density at radius 3 is 3.00 bits per heavy atom. The number of carbonyl (C=O) groups is 1. The van der Waals surface area contributed by atoms with Crippen molar-refractivity contribution in [2.24, 2.45) is 0 Å². The molecular weight excluding hydrogens is 196 g/mol. The first-order valence-corrected chi connectivity index (χ1v) is 4.96. The molecule has 5 heteroatoms. The Morgan fingerprint density at radius 2 is 2.40 bits per heavy atom. The standard InChI is InChI=1S/C10H16N2O3/c1-2-11-10(14)12-5-3-9(13)8-4-6-15-7-8/h4,6-7,9,13H,2-3,5H2,1H3,(H2,11,12,14). The van der Waals surface area contributed by atoms with Crippen molar-refractivity contribution >= 4 is 6.03 Å². The second kappa shape index (κ2) is 6.08. The van der Waals surface area contributed by atoms with Gasteiger partial charge in [0.2, 0.25) is 0 Å². The van der Waals surface area contributed by atoms with E-state index < -0.39 is 6.10 Å². The van der Waals surface area contributed by atoms with E-state index in [1.807, 2.05) is 6.92 Å². The second-order valence-electron chi connectivity index (χ2n) is 3.15. The summed E-state index contributed by atoms with van der Waals surface area (Å²) < 4.78 is 4.84. The van der Waals surface area contributed by atoms with Crippen molar-refractivity contribution in [1.29, 1.82) is 0 Å². The van der Waals surface area contributed by atoms with Gasteiger partial charge in [-0.05, 0) is 19.4 Å². The van der Waals surface area contributed by atoms with Crippen LogP contribution in [0.3, 0.4) is 0 Å². The molecule has 0 bridgehead atoms. The maximum absolute atomic E-state index is 11.0.